The lowest BCUT2D eigenvalue weighted by molar-refractivity contribution is 0.234. The Morgan fingerprint density at radius 2 is 2.12 bits per heavy atom. The molecule has 0 saturated carbocycles. The van der Waals surface area contributed by atoms with E-state index in [4.69, 9.17) is 0 Å². The van der Waals surface area contributed by atoms with E-state index in [1.807, 2.05) is 7.05 Å². The van der Waals surface area contributed by atoms with Gasteiger partial charge < -0.3 is 10.2 Å². The lowest BCUT2D eigenvalue weighted by Gasteiger charge is -2.39. The number of guanidine groups is 1. The van der Waals surface area contributed by atoms with Crippen molar-refractivity contribution in [1.29, 1.82) is 0 Å². The number of thiazole rings is 1. The number of nitrogens with zero attached hydrogens (tertiary/aromatic N) is 3. The summed E-state index contributed by atoms with van der Waals surface area (Å²) in [5, 5.41) is 6.79. The molecule has 0 radical (unpaired) electrons. The average molecular weight is 484 g/mol. The zero-order valence-electron chi connectivity index (χ0n) is 15.8. The van der Waals surface area contributed by atoms with Crippen LogP contribution in [0.5, 0.6) is 0 Å². The van der Waals surface area contributed by atoms with Gasteiger partial charge >= 0.3 is 0 Å². The van der Waals surface area contributed by atoms with Gasteiger partial charge in [-0.05, 0) is 30.7 Å². The molecular weight excluding hydrogens is 455 g/mol. The van der Waals surface area contributed by atoms with Crippen LogP contribution < -0.4 is 5.32 Å². The monoisotopic (exact) mass is 484 g/mol. The molecule has 142 valence electrons. The Labute approximate surface area is 178 Å². The lowest BCUT2D eigenvalue weighted by Crippen LogP contribution is -2.48. The van der Waals surface area contributed by atoms with Gasteiger partial charge in [0.05, 0.1) is 10.7 Å². The van der Waals surface area contributed by atoms with Gasteiger partial charge in [-0.1, -0.05) is 37.3 Å². The molecule has 6 heteroatoms. The number of hydrogen-bond donors (Lipinski definition) is 1. The molecule has 1 aromatic carbocycles. The van der Waals surface area contributed by atoms with Crippen molar-refractivity contribution in [3.05, 3.63) is 52.0 Å². The molecule has 0 amide bonds. The van der Waals surface area contributed by atoms with Crippen LogP contribution in [-0.2, 0) is 6.42 Å². The van der Waals surface area contributed by atoms with Crippen LogP contribution in [0.1, 0.15) is 35.5 Å². The van der Waals surface area contributed by atoms with Gasteiger partial charge in [-0.25, -0.2) is 4.98 Å². The average Bonchev–Trinajstić information content (AvgIpc) is 3.04. The van der Waals surface area contributed by atoms with Crippen molar-refractivity contribution in [2.75, 3.05) is 26.7 Å². The fourth-order valence-electron chi connectivity index (χ4n) is 3.69. The topological polar surface area (TPSA) is 40.5 Å². The second-order valence-electron chi connectivity index (χ2n) is 6.81. The molecule has 4 nitrogen and oxygen atoms in total. The molecule has 1 saturated heterocycles. The number of piperidine rings is 1. The van der Waals surface area contributed by atoms with Crippen molar-refractivity contribution in [3.8, 4) is 0 Å². The van der Waals surface area contributed by atoms with Crippen molar-refractivity contribution >= 4 is 41.3 Å². The molecule has 0 bridgehead atoms. The maximum Gasteiger partial charge on any atom is 0.193 e. The molecule has 0 aliphatic carbocycles. The molecule has 1 aliphatic rings. The number of halogens is 1. The predicted molar refractivity (Wildman–Crippen MR) is 122 cm³/mol. The Hall–Kier alpha value is -1.15. The van der Waals surface area contributed by atoms with Gasteiger partial charge in [0.15, 0.2) is 5.96 Å². The fourth-order valence-corrected chi connectivity index (χ4v) is 4.34. The van der Waals surface area contributed by atoms with Crippen molar-refractivity contribution in [2.45, 2.75) is 32.6 Å². The third-order valence-electron chi connectivity index (χ3n) is 4.98. The van der Waals surface area contributed by atoms with E-state index >= 15 is 0 Å². The number of aryl methyl sites for hydroxylation is 1. The van der Waals surface area contributed by atoms with Crippen molar-refractivity contribution < 1.29 is 0 Å². The van der Waals surface area contributed by atoms with Crippen LogP contribution in [0.25, 0.3) is 0 Å². The summed E-state index contributed by atoms with van der Waals surface area (Å²) in [6.45, 7) is 7.39. The molecule has 3 rings (SSSR count). The van der Waals surface area contributed by atoms with Crippen molar-refractivity contribution in [1.82, 2.24) is 15.2 Å². The summed E-state index contributed by atoms with van der Waals surface area (Å²) in [7, 11) is 1.88. The summed E-state index contributed by atoms with van der Waals surface area (Å²) in [6.07, 6.45) is 2.12. The van der Waals surface area contributed by atoms with Crippen LogP contribution in [0.15, 0.2) is 40.7 Å². The first-order chi connectivity index (χ1) is 12.2. The van der Waals surface area contributed by atoms with Crippen LogP contribution in [0.2, 0.25) is 0 Å². The Balaban J connectivity index is 0.00000243. The van der Waals surface area contributed by atoms with E-state index in [1.165, 1.54) is 17.7 Å². The van der Waals surface area contributed by atoms with E-state index in [0.29, 0.717) is 11.8 Å². The molecule has 1 aliphatic heterocycles. The SMILES string of the molecule is CN=C(NCCc1csc(C)n1)N1CCC(c2ccccc2)C(C)C1.I. The molecule has 0 spiro atoms. The first-order valence-corrected chi connectivity index (χ1v) is 9.97. The quantitative estimate of drug-likeness (QED) is 0.400. The standard InChI is InChI=1S/C20H28N4S.HI/c1-15-13-24(12-10-19(15)17-7-5-4-6-8-17)20(21-3)22-11-9-18-14-25-16(2)23-18;/h4-8,14-15,19H,9-13H2,1-3H3,(H,21,22);1H. The summed E-state index contributed by atoms with van der Waals surface area (Å²) in [5.41, 5.74) is 2.64. The number of nitrogens with one attached hydrogen (secondary N) is 1. The predicted octanol–water partition coefficient (Wildman–Crippen LogP) is 4.31. The van der Waals surface area contributed by atoms with Crippen LogP contribution in [0.3, 0.4) is 0 Å². The summed E-state index contributed by atoms with van der Waals surface area (Å²) in [6, 6.07) is 10.9. The zero-order chi connectivity index (χ0) is 17.6. The van der Waals surface area contributed by atoms with E-state index in [2.05, 4.69) is 69.8 Å². The van der Waals surface area contributed by atoms with E-state index in [9.17, 15) is 0 Å². The number of hydrogen-bond acceptors (Lipinski definition) is 3. The summed E-state index contributed by atoms with van der Waals surface area (Å²) in [4.78, 5) is 11.4. The number of aliphatic imine (C=N–C) groups is 1. The van der Waals surface area contributed by atoms with Gasteiger partial charge in [-0.2, -0.15) is 0 Å². The second kappa shape index (κ2) is 10.3. The Bertz CT molecular complexity index is 701. The summed E-state index contributed by atoms with van der Waals surface area (Å²) >= 11 is 1.72. The molecule has 26 heavy (non-hydrogen) atoms. The highest BCUT2D eigenvalue weighted by atomic mass is 127. The Kier molecular flexibility index (Phi) is 8.34. The Morgan fingerprint density at radius 1 is 1.35 bits per heavy atom. The molecule has 1 N–H and O–H groups in total. The van der Waals surface area contributed by atoms with Crippen LogP contribution in [0, 0.1) is 12.8 Å². The first kappa shape index (κ1) is 21.2. The number of benzene rings is 1. The summed E-state index contributed by atoms with van der Waals surface area (Å²) in [5.74, 6) is 2.29. The number of aromatic nitrogens is 1. The van der Waals surface area contributed by atoms with E-state index in [-0.39, 0.29) is 24.0 Å². The van der Waals surface area contributed by atoms with Gasteiger partial charge in [-0.3, -0.25) is 4.99 Å². The van der Waals surface area contributed by atoms with Gasteiger partial charge in [0, 0.05) is 38.5 Å². The van der Waals surface area contributed by atoms with Gasteiger partial charge in [0.25, 0.3) is 0 Å². The molecular formula is C20H29IN4S. The molecule has 2 unspecified atom stereocenters. The minimum Gasteiger partial charge on any atom is -0.356 e. The highest BCUT2D eigenvalue weighted by Gasteiger charge is 2.28. The maximum atomic E-state index is 4.53. The molecule has 2 heterocycles. The van der Waals surface area contributed by atoms with E-state index in [1.54, 1.807) is 11.3 Å². The maximum absolute atomic E-state index is 4.53. The molecule has 2 aromatic rings. The highest BCUT2D eigenvalue weighted by Crippen LogP contribution is 2.32. The third-order valence-corrected chi connectivity index (χ3v) is 5.80. The largest absolute Gasteiger partial charge is 0.356 e. The van der Waals surface area contributed by atoms with Crippen molar-refractivity contribution in [2.24, 2.45) is 10.9 Å². The molecule has 1 fully saturated rings. The minimum atomic E-state index is 0. The number of rotatable bonds is 4. The van der Waals surface area contributed by atoms with Crippen LogP contribution in [-0.4, -0.2) is 42.5 Å². The van der Waals surface area contributed by atoms with E-state index in [0.717, 1.165) is 37.0 Å². The van der Waals surface area contributed by atoms with Crippen LogP contribution >= 0.6 is 35.3 Å². The van der Waals surface area contributed by atoms with Gasteiger partial charge in [-0.15, -0.1) is 35.3 Å². The van der Waals surface area contributed by atoms with Gasteiger partial charge in [0.1, 0.15) is 0 Å². The zero-order valence-corrected chi connectivity index (χ0v) is 19.0. The highest BCUT2D eigenvalue weighted by molar-refractivity contribution is 14.0. The minimum absolute atomic E-state index is 0. The smallest absolute Gasteiger partial charge is 0.193 e. The third kappa shape index (κ3) is 5.42. The normalized spacial score (nSPS) is 20.6. The summed E-state index contributed by atoms with van der Waals surface area (Å²) < 4.78 is 0. The van der Waals surface area contributed by atoms with Crippen molar-refractivity contribution in [3.63, 3.8) is 0 Å². The lowest BCUT2D eigenvalue weighted by atomic mass is 9.82. The Morgan fingerprint density at radius 3 is 2.73 bits per heavy atom. The fraction of sp³-hybridized carbons (Fsp3) is 0.500. The number of likely N-dealkylation sites (tertiary alicyclic amines) is 1. The second-order valence-corrected chi connectivity index (χ2v) is 7.87. The first-order valence-electron chi connectivity index (χ1n) is 9.09. The molecule has 1 aromatic heterocycles. The van der Waals surface area contributed by atoms with Gasteiger partial charge in [0.2, 0.25) is 0 Å². The van der Waals surface area contributed by atoms with E-state index < -0.39 is 0 Å². The van der Waals surface area contributed by atoms with Crippen LogP contribution in [0.4, 0.5) is 0 Å². The molecule has 2 atom stereocenters.